The standard InChI is InChI=1S/C20H21FN4O2S/c1-13-3-4-14(11-17(13)21)12-22-18(26)9-10-25-19(23-24-20(25)28)15-5-7-16(27-2)8-6-15/h3-8,11H,9-10,12H2,1-2H3,(H,22,26)(H,24,28). The highest BCUT2D eigenvalue weighted by Crippen LogP contribution is 2.21. The molecule has 8 heteroatoms. The van der Waals surface area contributed by atoms with Gasteiger partial charge in [0.1, 0.15) is 11.6 Å². The van der Waals surface area contributed by atoms with Crippen LogP contribution < -0.4 is 10.1 Å². The van der Waals surface area contributed by atoms with Crippen molar-refractivity contribution < 1.29 is 13.9 Å². The largest absolute Gasteiger partial charge is 0.497 e. The zero-order valence-electron chi connectivity index (χ0n) is 15.7. The van der Waals surface area contributed by atoms with Crippen molar-refractivity contribution >= 4 is 18.1 Å². The van der Waals surface area contributed by atoms with Crippen LogP contribution in [0.3, 0.4) is 0 Å². The Morgan fingerprint density at radius 1 is 1.29 bits per heavy atom. The number of nitrogens with zero attached hydrogens (tertiary/aromatic N) is 2. The SMILES string of the molecule is COc1ccc(-c2n[nH]c(=S)n2CCC(=O)NCc2ccc(C)c(F)c2)cc1. The minimum absolute atomic E-state index is 0.148. The summed E-state index contributed by atoms with van der Waals surface area (Å²) in [6.45, 7) is 2.36. The van der Waals surface area contributed by atoms with E-state index in [1.54, 1.807) is 30.7 Å². The fraction of sp³-hybridized carbons (Fsp3) is 0.250. The van der Waals surface area contributed by atoms with Crippen molar-refractivity contribution in [2.75, 3.05) is 7.11 Å². The Labute approximate surface area is 167 Å². The smallest absolute Gasteiger partial charge is 0.222 e. The molecule has 1 heterocycles. The first-order valence-corrected chi connectivity index (χ1v) is 9.20. The van der Waals surface area contributed by atoms with Crippen molar-refractivity contribution in [2.45, 2.75) is 26.4 Å². The van der Waals surface area contributed by atoms with E-state index < -0.39 is 0 Å². The van der Waals surface area contributed by atoms with E-state index >= 15 is 0 Å². The zero-order chi connectivity index (χ0) is 20.1. The highest BCUT2D eigenvalue weighted by molar-refractivity contribution is 7.71. The van der Waals surface area contributed by atoms with Crippen molar-refractivity contribution in [2.24, 2.45) is 0 Å². The number of methoxy groups -OCH3 is 1. The number of aromatic nitrogens is 3. The molecular weight excluding hydrogens is 379 g/mol. The van der Waals surface area contributed by atoms with Gasteiger partial charge in [-0.3, -0.25) is 14.5 Å². The number of hydrogen-bond acceptors (Lipinski definition) is 4. The van der Waals surface area contributed by atoms with Crippen molar-refractivity contribution in [3.8, 4) is 17.1 Å². The van der Waals surface area contributed by atoms with Gasteiger partial charge in [-0.1, -0.05) is 12.1 Å². The first-order valence-electron chi connectivity index (χ1n) is 8.79. The van der Waals surface area contributed by atoms with Crippen molar-refractivity contribution in [3.63, 3.8) is 0 Å². The molecule has 0 saturated heterocycles. The average Bonchev–Trinajstić information content (AvgIpc) is 3.07. The van der Waals surface area contributed by atoms with E-state index in [1.807, 2.05) is 24.3 Å². The Hall–Kier alpha value is -3.00. The molecule has 0 saturated carbocycles. The lowest BCUT2D eigenvalue weighted by Crippen LogP contribution is -2.24. The van der Waals surface area contributed by atoms with Gasteiger partial charge in [0.05, 0.1) is 7.11 Å². The molecule has 0 atom stereocenters. The third kappa shape index (κ3) is 4.64. The van der Waals surface area contributed by atoms with E-state index in [0.29, 0.717) is 22.7 Å². The van der Waals surface area contributed by atoms with Gasteiger partial charge in [-0.05, 0) is 60.6 Å². The summed E-state index contributed by atoms with van der Waals surface area (Å²) in [5, 5.41) is 9.83. The number of amides is 1. The second-order valence-electron chi connectivity index (χ2n) is 6.34. The Balaban J connectivity index is 1.62. The molecule has 0 aliphatic carbocycles. The van der Waals surface area contributed by atoms with Crippen LogP contribution >= 0.6 is 12.2 Å². The highest BCUT2D eigenvalue weighted by Gasteiger charge is 2.11. The van der Waals surface area contributed by atoms with E-state index in [-0.39, 0.29) is 24.7 Å². The first kappa shape index (κ1) is 19.8. The fourth-order valence-electron chi connectivity index (χ4n) is 2.73. The van der Waals surface area contributed by atoms with Gasteiger partial charge in [0.25, 0.3) is 0 Å². The van der Waals surface area contributed by atoms with Gasteiger partial charge >= 0.3 is 0 Å². The molecule has 3 aromatic rings. The van der Waals surface area contributed by atoms with Gasteiger partial charge in [-0.2, -0.15) is 5.10 Å². The minimum atomic E-state index is -0.277. The number of carbonyl (C=O) groups excluding carboxylic acids is 1. The second kappa shape index (κ2) is 8.79. The first-order chi connectivity index (χ1) is 13.5. The minimum Gasteiger partial charge on any atom is -0.497 e. The molecule has 0 unspecified atom stereocenters. The monoisotopic (exact) mass is 400 g/mol. The Morgan fingerprint density at radius 2 is 2.04 bits per heavy atom. The van der Waals surface area contributed by atoms with Gasteiger partial charge < -0.3 is 10.1 Å². The third-order valence-electron chi connectivity index (χ3n) is 4.39. The summed E-state index contributed by atoms with van der Waals surface area (Å²) in [4.78, 5) is 12.2. The number of halogens is 1. The normalized spacial score (nSPS) is 10.7. The van der Waals surface area contributed by atoms with Crippen molar-refractivity contribution in [1.82, 2.24) is 20.1 Å². The topological polar surface area (TPSA) is 71.9 Å². The van der Waals surface area contributed by atoms with Gasteiger partial charge in [0.15, 0.2) is 10.6 Å². The number of H-pyrrole nitrogens is 1. The number of aromatic amines is 1. The zero-order valence-corrected chi connectivity index (χ0v) is 16.5. The summed E-state index contributed by atoms with van der Waals surface area (Å²) in [7, 11) is 1.61. The Kier molecular flexibility index (Phi) is 6.20. The third-order valence-corrected chi connectivity index (χ3v) is 4.71. The molecule has 1 amide bonds. The highest BCUT2D eigenvalue weighted by atomic mass is 32.1. The molecule has 0 aliphatic rings. The summed E-state index contributed by atoms with van der Waals surface area (Å²) < 4.78 is 21.0. The van der Waals surface area contributed by atoms with Gasteiger partial charge in [0.2, 0.25) is 5.91 Å². The maximum Gasteiger partial charge on any atom is 0.222 e. The van der Waals surface area contributed by atoms with Gasteiger partial charge in [-0.25, -0.2) is 4.39 Å². The van der Waals surface area contributed by atoms with E-state index in [4.69, 9.17) is 17.0 Å². The Bertz CT molecular complexity index is 1030. The van der Waals surface area contributed by atoms with Crippen LogP contribution in [0.5, 0.6) is 5.75 Å². The lowest BCUT2D eigenvalue weighted by Gasteiger charge is -2.09. The summed E-state index contributed by atoms with van der Waals surface area (Å²) >= 11 is 5.29. The maximum absolute atomic E-state index is 13.6. The van der Waals surface area contributed by atoms with Crippen LogP contribution in [0.15, 0.2) is 42.5 Å². The molecule has 0 fully saturated rings. The van der Waals surface area contributed by atoms with Crippen LogP contribution in [-0.4, -0.2) is 27.8 Å². The summed E-state index contributed by atoms with van der Waals surface area (Å²) in [6, 6.07) is 12.4. The molecule has 28 heavy (non-hydrogen) atoms. The molecule has 0 spiro atoms. The Morgan fingerprint density at radius 3 is 2.71 bits per heavy atom. The number of aryl methyl sites for hydroxylation is 1. The average molecular weight is 400 g/mol. The number of hydrogen-bond donors (Lipinski definition) is 2. The van der Waals surface area contributed by atoms with E-state index in [2.05, 4.69) is 15.5 Å². The quantitative estimate of drug-likeness (QED) is 0.592. The van der Waals surface area contributed by atoms with Crippen LogP contribution in [0.4, 0.5) is 4.39 Å². The number of nitrogens with one attached hydrogen (secondary N) is 2. The molecular formula is C20H21FN4O2S. The van der Waals surface area contributed by atoms with E-state index in [0.717, 1.165) is 16.9 Å². The number of carbonyl (C=O) groups is 1. The number of benzene rings is 2. The summed E-state index contributed by atoms with van der Waals surface area (Å²) in [5.74, 6) is 0.975. The number of ether oxygens (including phenoxy) is 1. The summed E-state index contributed by atoms with van der Waals surface area (Å²) in [6.07, 6.45) is 0.228. The van der Waals surface area contributed by atoms with Crippen LogP contribution in [0, 0.1) is 17.5 Å². The van der Waals surface area contributed by atoms with Crippen LogP contribution in [-0.2, 0) is 17.9 Å². The van der Waals surface area contributed by atoms with Crippen LogP contribution in [0.2, 0.25) is 0 Å². The lowest BCUT2D eigenvalue weighted by molar-refractivity contribution is -0.121. The maximum atomic E-state index is 13.6. The molecule has 0 aliphatic heterocycles. The molecule has 0 bridgehead atoms. The second-order valence-corrected chi connectivity index (χ2v) is 6.73. The predicted molar refractivity (Wildman–Crippen MR) is 107 cm³/mol. The predicted octanol–water partition coefficient (Wildman–Crippen LogP) is 3.77. The van der Waals surface area contributed by atoms with Crippen LogP contribution in [0.25, 0.3) is 11.4 Å². The molecule has 2 aromatic carbocycles. The van der Waals surface area contributed by atoms with Crippen LogP contribution in [0.1, 0.15) is 17.5 Å². The van der Waals surface area contributed by atoms with E-state index in [1.165, 1.54) is 6.07 Å². The summed E-state index contributed by atoms with van der Waals surface area (Å²) in [5.41, 5.74) is 2.16. The molecule has 146 valence electrons. The van der Waals surface area contributed by atoms with Gasteiger partial charge in [0, 0.05) is 25.1 Å². The fourth-order valence-corrected chi connectivity index (χ4v) is 2.96. The lowest BCUT2D eigenvalue weighted by atomic mass is 10.1. The van der Waals surface area contributed by atoms with Crippen molar-refractivity contribution in [3.05, 3.63) is 64.2 Å². The van der Waals surface area contributed by atoms with Crippen molar-refractivity contribution in [1.29, 1.82) is 0 Å². The number of rotatable bonds is 7. The van der Waals surface area contributed by atoms with E-state index in [9.17, 15) is 9.18 Å². The molecule has 6 nitrogen and oxygen atoms in total. The molecule has 2 N–H and O–H groups in total. The molecule has 3 rings (SSSR count). The van der Waals surface area contributed by atoms with Gasteiger partial charge in [-0.15, -0.1) is 0 Å². The molecule has 0 radical (unpaired) electrons. The molecule has 1 aromatic heterocycles.